The highest BCUT2D eigenvalue weighted by Crippen LogP contribution is 2.24. The van der Waals surface area contributed by atoms with Crippen LogP contribution in [0.25, 0.3) is 0 Å². The lowest BCUT2D eigenvalue weighted by atomic mass is 10.1. The molecule has 0 aromatic heterocycles. The van der Waals surface area contributed by atoms with Crippen LogP contribution in [0.15, 0.2) is 16.6 Å². The molecule has 7 heteroatoms. The maximum atomic E-state index is 11.8. The number of nitrogens with one attached hydrogen (secondary N) is 2. The fourth-order valence-corrected chi connectivity index (χ4v) is 2.47. The molecule has 0 spiro atoms. The Morgan fingerprint density at radius 3 is 2.15 bits per heavy atom. The van der Waals surface area contributed by atoms with Crippen LogP contribution >= 0.6 is 15.9 Å². The fourth-order valence-electron chi connectivity index (χ4n) is 1.79. The first-order valence-corrected chi connectivity index (χ1v) is 6.76. The zero-order valence-corrected chi connectivity index (χ0v) is 13.0. The van der Waals surface area contributed by atoms with Gasteiger partial charge in [-0.3, -0.25) is 0 Å². The van der Waals surface area contributed by atoms with Crippen LogP contribution < -0.4 is 10.6 Å². The number of carboxylic acids is 1. The zero-order chi connectivity index (χ0) is 15.4. The van der Waals surface area contributed by atoms with E-state index in [1.165, 1.54) is 6.92 Å². The van der Waals surface area contributed by atoms with Crippen molar-refractivity contribution in [3.63, 3.8) is 0 Å². The van der Waals surface area contributed by atoms with Gasteiger partial charge >= 0.3 is 12.0 Å². The maximum absolute atomic E-state index is 11.8. The summed E-state index contributed by atoms with van der Waals surface area (Å²) in [6.07, 6.45) is -1.19. The van der Waals surface area contributed by atoms with E-state index in [2.05, 4.69) is 26.6 Å². The van der Waals surface area contributed by atoms with Gasteiger partial charge in [0.2, 0.25) is 0 Å². The normalized spacial score (nSPS) is 13.4. The number of hydrogen-bond donors (Lipinski definition) is 4. The molecule has 0 aliphatic carbocycles. The van der Waals surface area contributed by atoms with Crippen molar-refractivity contribution in [2.45, 2.75) is 32.9 Å². The Balaban J connectivity index is 2.84. The average molecular weight is 345 g/mol. The number of aliphatic hydroxyl groups excluding tert-OH is 1. The first-order valence-electron chi connectivity index (χ1n) is 5.97. The lowest BCUT2D eigenvalue weighted by Gasteiger charge is -2.19. The van der Waals surface area contributed by atoms with Crippen LogP contribution in [0.1, 0.15) is 18.1 Å². The molecule has 20 heavy (non-hydrogen) atoms. The Bertz CT molecular complexity index is 508. The summed E-state index contributed by atoms with van der Waals surface area (Å²) < 4.78 is 0.894. The van der Waals surface area contributed by atoms with E-state index < -0.39 is 24.1 Å². The second-order valence-corrected chi connectivity index (χ2v) is 5.49. The van der Waals surface area contributed by atoms with Gasteiger partial charge in [0.05, 0.1) is 6.10 Å². The van der Waals surface area contributed by atoms with Gasteiger partial charge in [0.1, 0.15) is 0 Å². The Morgan fingerprint density at radius 2 is 1.75 bits per heavy atom. The first-order chi connectivity index (χ1) is 9.22. The molecule has 1 aromatic carbocycles. The molecule has 0 aliphatic heterocycles. The zero-order valence-electron chi connectivity index (χ0n) is 11.4. The number of carbonyl (C=O) groups excluding carboxylic acids is 1. The van der Waals surface area contributed by atoms with Crippen molar-refractivity contribution in [1.29, 1.82) is 0 Å². The largest absolute Gasteiger partial charge is 0.480 e. The predicted molar refractivity (Wildman–Crippen MR) is 78.9 cm³/mol. The van der Waals surface area contributed by atoms with E-state index in [9.17, 15) is 14.7 Å². The van der Waals surface area contributed by atoms with Crippen molar-refractivity contribution in [3.8, 4) is 0 Å². The van der Waals surface area contributed by atoms with E-state index in [0.29, 0.717) is 5.69 Å². The van der Waals surface area contributed by atoms with Gasteiger partial charge in [0, 0.05) is 10.2 Å². The predicted octanol–water partition coefficient (Wildman–Crippen LogP) is 2.02. The standard InChI is InChI=1S/C13H17BrN2O4/c1-6-4-9(14)5-7(2)10(6)15-13(20)16-11(8(3)17)12(18)19/h4-5,8,11,17H,1-3H3,(H,18,19)(H2,15,16,20). The van der Waals surface area contributed by atoms with Crippen LogP contribution in [0.4, 0.5) is 10.5 Å². The van der Waals surface area contributed by atoms with E-state index >= 15 is 0 Å². The summed E-state index contributed by atoms with van der Waals surface area (Å²) >= 11 is 3.35. The lowest BCUT2D eigenvalue weighted by Crippen LogP contribution is -2.49. The maximum Gasteiger partial charge on any atom is 0.328 e. The molecular weight excluding hydrogens is 328 g/mol. The molecule has 2 atom stereocenters. The van der Waals surface area contributed by atoms with Crippen LogP contribution in [0.3, 0.4) is 0 Å². The van der Waals surface area contributed by atoms with Gasteiger partial charge in [-0.1, -0.05) is 15.9 Å². The summed E-state index contributed by atoms with van der Waals surface area (Å²) in [5.74, 6) is -1.29. The Kier molecular flexibility index (Phi) is 5.52. The number of aliphatic carboxylic acids is 1. The molecule has 1 rings (SSSR count). The number of urea groups is 1. The van der Waals surface area contributed by atoms with Crippen LogP contribution in [0.5, 0.6) is 0 Å². The molecule has 0 saturated carbocycles. The first kappa shape index (κ1) is 16.5. The minimum absolute atomic E-state index is 0.612. The van der Waals surface area contributed by atoms with Gasteiger partial charge in [-0.15, -0.1) is 0 Å². The molecular formula is C13H17BrN2O4. The number of hydrogen-bond acceptors (Lipinski definition) is 3. The Hall–Kier alpha value is -1.60. The topological polar surface area (TPSA) is 98.7 Å². The third-order valence-electron chi connectivity index (χ3n) is 2.77. The summed E-state index contributed by atoms with van der Waals surface area (Å²) in [5.41, 5.74) is 2.30. The van der Waals surface area contributed by atoms with E-state index in [4.69, 9.17) is 5.11 Å². The molecule has 110 valence electrons. The van der Waals surface area contributed by atoms with E-state index in [-0.39, 0.29) is 0 Å². The van der Waals surface area contributed by atoms with Crippen LogP contribution in [0, 0.1) is 13.8 Å². The molecule has 6 nitrogen and oxygen atoms in total. The summed E-state index contributed by atoms with van der Waals surface area (Å²) in [6.45, 7) is 4.96. The van der Waals surface area contributed by atoms with Gasteiger partial charge in [-0.05, 0) is 44.0 Å². The molecule has 0 saturated heterocycles. The monoisotopic (exact) mass is 344 g/mol. The minimum atomic E-state index is -1.36. The quantitative estimate of drug-likeness (QED) is 0.671. The van der Waals surface area contributed by atoms with Crippen molar-refractivity contribution in [1.82, 2.24) is 5.32 Å². The molecule has 2 unspecified atom stereocenters. The number of carboxylic acid groups (broad SMARTS) is 1. The number of halogens is 1. The SMILES string of the molecule is Cc1cc(Br)cc(C)c1NC(=O)NC(C(=O)O)C(C)O. The van der Waals surface area contributed by atoms with Gasteiger partial charge < -0.3 is 20.8 Å². The summed E-state index contributed by atoms with van der Waals surface area (Å²) in [5, 5.41) is 23.0. The second-order valence-electron chi connectivity index (χ2n) is 4.57. The van der Waals surface area contributed by atoms with Crippen LogP contribution in [0.2, 0.25) is 0 Å². The molecule has 4 N–H and O–H groups in total. The van der Waals surface area contributed by atoms with Gasteiger partial charge in [-0.2, -0.15) is 0 Å². The molecule has 1 aromatic rings. The number of carbonyl (C=O) groups is 2. The Labute approximate surface area is 125 Å². The third kappa shape index (κ3) is 4.21. The van der Waals surface area contributed by atoms with E-state index in [1.807, 2.05) is 26.0 Å². The summed E-state index contributed by atoms with van der Waals surface area (Å²) in [6, 6.07) is 1.65. The van der Waals surface area contributed by atoms with E-state index in [0.717, 1.165) is 15.6 Å². The smallest absolute Gasteiger partial charge is 0.328 e. The van der Waals surface area contributed by atoms with Gasteiger partial charge in [0.15, 0.2) is 6.04 Å². The number of amides is 2. The van der Waals surface area contributed by atoms with Crippen molar-refractivity contribution < 1.29 is 19.8 Å². The van der Waals surface area contributed by atoms with Crippen molar-refractivity contribution in [3.05, 3.63) is 27.7 Å². The third-order valence-corrected chi connectivity index (χ3v) is 3.23. The van der Waals surface area contributed by atoms with Crippen molar-refractivity contribution >= 4 is 33.6 Å². The van der Waals surface area contributed by atoms with Gasteiger partial charge in [-0.25, -0.2) is 9.59 Å². The number of benzene rings is 1. The highest BCUT2D eigenvalue weighted by Gasteiger charge is 2.25. The lowest BCUT2D eigenvalue weighted by molar-refractivity contribution is -0.141. The van der Waals surface area contributed by atoms with Gasteiger partial charge in [0.25, 0.3) is 0 Å². The van der Waals surface area contributed by atoms with Crippen LogP contribution in [-0.4, -0.2) is 34.4 Å². The molecule has 0 fully saturated rings. The number of aryl methyl sites for hydroxylation is 2. The molecule has 0 radical (unpaired) electrons. The molecule has 0 aliphatic rings. The molecule has 2 amide bonds. The molecule has 0 heterocycles. The average Bonchev–Trinajstić information content (AvgIpc) is 2.29. The minimum Gasteiger partial charge on any atom is -0.480 e. The number of anilines is 1. The highest BCUT2D eigenvalue weighted by molar-refractivity contribution is 9.10. The summed E-state index contributed by atoms with van der Waals surface area (Å²) in [7, 11) is 0. The fraction of sp³-hybridized carbons (Fsp3) is 0.385. The van der Waals surface area contributed by atoms with Crippen molar-refractivity contribution in [2.75, 3.05) is 5.32 Å². The number of rotatable bonds is 4. The second kappa shape index (κ2) is 6.71. The Morgan fingerprint density at radius 1 is 1.25 bits per heavy atom. The highest BCUT2D eigenvalue weighted by atomic mass is 79.9. The molecule has 0 bridgehead atoms. The van der Waals surface area contributed by atoms with E-state index in [1.54, 1.807) is 0 Å². The van der Waals surface area contributed by atoms with Crippen molar-refractivity contribution in [2.24, 2.45) is 0 Å². The number of aliphatic hydroxyl groups is 1. The van der Waals surface area contributed by atoms with Crippen LogP contribution in [-0.2, 0) is 4.79 Å². The summed E-state index contributed by atoms with van der Waals surface area (Å²) in [4.78, 5) is 22.7.